The van der Waals surface area contributed by atoms with Crippen LogP contribution in [0.2, 0.25) is 0 Å². The fraction of sp³-hybridized carbons (Fsp3) is 0.565. The highest BCUT2D eigenvalue weighted by atomic mass is 16.3. The van der Waals surface area contributed by atoms with Gasteiger partial charge in [-0.25, -0.2) is 0 Å². The highest BCUT2D eigenvalue weighted by Gasteiger charge is 2.57. The van der Waals surface area contributed by atoms with E-state index in [4.69, 9.17) is 5.73 Å². The lowest BCUT2D eigenvalue weighted by Gasteiger charge is -2.48. The number of amidine groups is 1. The Kier molecular flexibility index (Phi) is 5.49. The molecule has 2 aliphatic heterocycles. The van der Waals surface area contributed by atoms with Gasteiger partial charge in [0.2, 0.25) is 0 Å². The summed E-state index contributed by atoms with van der Waals surface area (Å²) in [5, 5.41) is 17.7. The molecule has 3 aliphatic rings. The van der Waals surface area contributed by atoms with Crippen LogP contribution in [0.3, 0.4) is 0 Å². The lowest BCUT2D eigenvalue weighted by atomic mass is 9.84. The molecule has 1 aromatic carbocycles. The van der Waals surface area contributed by atoms with Crippen molar-refractivity contribution in [2.45, 2.75) is 69.7 Å². The number of rotatable bonds is 4. The van der Waals surface area contributed by atoms with Crippen molar-refractivity contribution >= 4 is 11.7 Å². The number of hydrogen-bond donors (Lipinski definition) is 4. The van der Waals surface area contributed by atoms with E-state index in [1.165, 1.54) is 12.0 Å². The van der Waals surface area contributed by atoms with Gasteiger partial charge >= 0.3 is 0 Å². The Hall–Kier alpha value is -2.54. The number of hydrogen-bond acceptors (Lipinski definition) is 5. The van der Waals surface area contributed by atoms with E-state index in [2.05, 4.69) is 28.3 Å². The van der Waals surface area contributed by atoms with Gasteiger partial charge in [0.05, 0.1) is 29.3 Å². The van der Waals surface area contributed by atoms with Crippen molar-refractivity contribution in [3.8, 4) is 0 Å². The smallest absolute Gasteiger partial charge is 0.251 e. The third kappa shape index (κ3) is 3.35. The van der Waals surface area contributed by atoms with Gasteiger partial charge in [-0.2, -0.15) is 0 Å². The zero-order valence-corrected chi connectivity index (χ0v) is 17.9. The minimum Gasteiger partial charge on any atom is -0.388 e. The van der Waals surface area contributed by atoms with Crippen LogP contribution in [0.15, 0.2) is 35.6 Å². The molecule has 2 fully saturated rings. The molecule has 1 aromatic rings. The maximum Gasteiger partial charge on any atom is 0.251 e. The normalized spacial score (nSPS) is 31.0. The summed E-state index contributed by atoms with van der Waals surface area (Å²) in [5.74, 6) is 1.19. The molecule has 7 nitrogen and oxygen atoms in total. The second-order valence-electron chi connectivity index (χ2n) is 8.83. The molecule has 4 rings (SSSR count). The largest absolute Gasteiger partial charge is 0.388 e. The van der Waals surface area contributed by atoms with E-state index in [-0.39, 0.29) is 11.9 Å². The van der Waals surface area contributed by atoms with Gasteiger partial charge in [0.15, 0.2) is 0 Å². The van der Waals surface area contributed by atoms with E-state index < -0.39 is 17.7 Å². The number of nitrogens with one attached hydrogen (secondary N) is 2. The summed E-state index contributed by atoms with van der Waals surface area (Å²) >= 11 is 0. The molecule has 30 heavy (non-hydrogen) atoms. The third-order valence-corrected chi connectivity index (χ3v) is 7.08. The van der Waals surface area contributed by atoms with Crippen LogP contribution < -0.4 is 16.4 Å². The predicted molar refractivity (Wildman–Crippen MR) is 118 cm³/mol. The van der Waals surface area contributed by atoms with Gasteiger partial charge in [-0.1, -0.05) is 25.6 Å². The molecule has 4 atom stereocenters. The number of carbonyl (C=O) groups is 1. The molecule has 0 bridgehead atoms. The summed E-state index contributed by atoms with van der Waals surface area (Å²) in [5.41, 5.74) is 8.49. The molecule has 2 heterocycles. The summed E-state index contributed by atoms with van der Waals surface area (Å²) < 4.78 is 0. The topological polar surface area (TPSA) is 103 Å². The van der Waals surface area contributed by atoms with Gasteiger partial charge in [-0.3, -0.25) is 9.79 Å². The van der Waals surface area contributed by atoms with E-state index in [0.717, 1.165) is 36.2 Å². The first-order valence-corrected chi connectivity index (χ1v) is 11.0. The first-order valence-electron chi connectivity index (χ1n) is 11.0. The fourth-order valence-electron chi connectivity index (χ4n) is 5.19. The quantitative estimate of drug-likeness (QED) is 0.442. The summed E-state index contributed by atoms with van der Waals surface area (Å²) in [6.07, 6.45) is 4.10. The number of carbonyl (C=O) groups excluding carboxylic acids is 1. The highest BCUT2D eigenvalue weighted by molar-refractivity contribution is 5.96. The molecule has 7 heteroatoms. The maximum atomic E-state index is 13.2. The average Bonchev–Trinajstić information content (AvgIpc) is 3.01. The number of amides is 1. The van der Waals surface area contributed by atoms with Crippen molar-refractivity contribution in [3.05, 3.63) is 47.3 Å². The summed E-state index contributed by atoms with van der Waals surface area (Å²) in [4.78, 5) is 19.9. The molecule has 0 radical (unpaired) electrons. The van der Waals surface area contributed by atoms with Gasteiger partial charge in [-0.15, -0.1) is 0 Å². The van der Waals surface area contributed by atoms with Crippen LogP contribution in [0.1, 0.15) is 54.6 Å². The second-order valence-corrected chi connectivity index (χ2v) is 8.83. The average molecular weight is 412 g/mol. The standard InChI is InChI=1S/C23H33N5O2/c1-4-20(24)27-19-12-25-14(2)28-13-18(21(29)23(19,28)3)26-22(30)17-11-7-9-15-8-5-6-10-16(15)17/h7,9,11,18-19,21,25,29H,2,4-6,8,10,12-13H2,1,3H3,(H2,24,27)(H,26,30)/t18?,19-,21?,23?/m0/s1. The Morgan fingerprint density at radius 1 is 1.43 bits per heavy atom. The Labute approximate surface area is 178 Å². The number of benzene rings is 1. The fourth-order valence-corrected chi connectivity index (χ4v) is 5.19. The third-order valence-electron chi connectivity index (χ3n) is 7.08. The Balaban J connectivity index is 1.58. The van der Waals surface area contributed by atoms with Crippen LogP contribution in [-0.4, -0.2) is 58.6 Å². The Morgan fingerprint density at radius 3 is 2.97 bits per heavy atom. The van der Waals surface area contributed by atoms with Crippen molar-refractivity contribution in [1.82, 2.24) is 15.5 Å². The van der Waals surface area contributed by atoms with E-state index in [0.29, 0.717) is 25.3 Å². The SMILES string of the molecule is C=C1NC[C@H](N=C(N)CC)C2(C)C(O)C(NC(=O)c3cccc4c3CCCC4)CN12. The number of aliphatic hydroxyl groups is 1. The molecule has 2 saturated heterocycles. The van der Waals surface area contributed by atoms with Crippen LogP contribution in [0.25, 0.3) is 0 Å². The number of aliphatic hydroxyl groups excluding tert-OH is 1. The van der Waals surface area contributed by atoms with Crippen molar-refractivity contribution in [2.24, 2.45) is 10.7 Å². The van der Waals surface area contributed by atoms with Crippen molar-refractivity contribution in [2.75, 3.05) is 13.1 Å². The van der Waals surface area contributed by atoms with Gasteiger partial charge in [0, 0.05) is 25.1 Å². The van der Waals surface area contributed by atoms with E-state index in [1.54, 1.807) is 0 Å². The molecule has 1 aliphatic carbocycles. The van der Waals surface area contributed by atoms with Gasteiger partial charge in [0.1, 0.15) is 6.10 Å². The van der Waals surface area contributed by atoms with Crippen LogP contribution >= 0.6 is 0 Å². The van der Waals surface area contributed by atoms with Crippen LogP contribution in [0, 0.1) is 0 Å². The highest BCUT2D eigenvalue weighted by Crippen LogP contribution is 2.39. The number of aryl methyl sites for hydroxylation is 1. The van der Waals surface area contributed by atoms with Crippen molar-refractivity contribution < 1.29 is 9.90 Å². The van der Waals surface area contributed by atoms with Gasteiger partial charge in [-0.05, 0) is 49.8 Å². The van der Waals surface area contributed by atoms with Gasteiger partial charge < -0.3 is 26.4 Å². The number of aliphatic imine (C=N–C) groups is 1. The van der Waals surface area contributed by atoms with Crippen LogP contribution in [0.5, 0.6) is 0 Å². The minimum atomic E-state index is -0.793. The monoisotopic (exact) mass is 411 g/mol. The van der Waals surface area contributed by atoms with Crippen LogP contribution in [0.4, 0.5) is 0 Å². The summed E-state index contributed by atoms with van der Waals surface area (Å²) in [6, 6.07) is 5.32. The molecule has 0 spiro atoms. The summed E-state index contributed by atoms with van der Waals surface area (Å²) in [7, 11) is 0. The lowest BCUT2D eigenvalue weighted by molar-refractivity contribution is 0.0147. The zero-order valence-electron chi connectivity index (χ0n) is 17.9. The first-order chi connectivity index (χ1) is 14.4. The van der Waals surface area contributed by atoms with E-state index in [9.17, 15) is 9.90 Å². The number of nitrogens with zero attached hydrogens (tertiary/aromatic N) is 2. The molecule has 1 amide bonds. The number of nitrogens with two attached hydrogens (primary N) is 1. The van der Waals surface area contributed by atoms with Crippen molar-refractivity contribution in [1.29, 1.82) is 0 Å². The van der Waals surface area contributed by atoms with Crippen LogP contribution in [-0.2, 0) is 12.8 Å². The predicted octanol–water partition coefficient (Wildman–Crippen LogP) is 1.31. The molecule has 162 valence electrons. The van der Waals surface area contributed by atoms with E-state index in [1.807, 2.05) is 30.9 Å². The number of fused-ring (bicyclic) bond motifs is 2. The molecule has 5 N–H and O–H groups in total. The minimum absolute atomic E-state index is 0.118. The Bertz CT molecular complexity index is 882. The van der Waals surface area contributed by atoms with E-state index >= 15 is 0 Å². The molecular formula is C23H33N5O2. The zero-order chi connectivity index (χ0) is 21.5. The Morgan fingerprint density at radius 2 is 2.20 bits per heavy atom. The summed E-state index contributed by atoms with van der Waals surface area (Å²) in [6.45, 7) is 9.08. The molecular weight excluding hydrogens is 378 g/mol. The maximum absolute atomic E-state index is 13.2. The van der Waals surface area contributed by atoms with Crippen molar-refractivity contribution in [3.63, 3.8) is 0 Å². The molecule has 3 unspecified atom stereocenters. The lowest BCUT2D eigenvalue weighted by Crippen LogP contribution is -2.64. The molecule has 0 saturated carbocycles. The molecule has 0 aromatic heterocycles. The van der Waals surface area contributed by atoms with Gasteiger partial charge in [0.25, 0.3) is 5.91 Å². The second kappa shape index (κ2) is 7.95. The first kappa shape index (κ1) is 20.7.